The maximum absolute atomic E-state index is 14.6. The molecule has 1 aromatic heterocycles. The summed E-state index contributed by atoms with van der Waals surface area (Å²) < 4.78 is 28.1. The van der Waals surface area contributed by atoms with Crippen LogP contribution in [0.1, 0.15) is 21.6 Å². The van der Waals surface area contributed by atoms with Crippen molar-refractivity contribution in [3.8, 4) is 11.1 Å². The number of rotatable bonds is 6. The number of hydrogen-bond acceptors (Lipinski definition) is 5. The van der Waals surface area contributed by atoms with Crippen LogP contribution in [-0.4, -0.2) is 42.9 Å². The Morgan fingerprint density at radius 1 is 1.21 bits per heavy atom. The Bertz CT molecular complexity index is 1210. The Labute approximate surface area is 190 Å². The summed E-state index contributed by atoms with van der Waals surface area (Å²) in [4.78, 5) is 31.0. The summed E-state index contributed by atoms with van der Waals surface area (Å²) in [6, 6.07) is 11.7. The molecule has 0 radical (unpaired) electrons. The minimum absolute atomic E-state index is 0.0694. The highest BCUT2D eigenvalue weighted by Crippen LogP contribution is 2.35. The second-order valence-corrected chi connectivity index (χ2v) is 8.16. The molecule has 4 rings (SSSR count). The fraction of sp³-hybridized carbons (Fsp3) is 0.240. The van der Waals surface area contributed by atoms with E-state index in [0.29, 0.717) is 23.2 Å². The molecule has 8 heteroatoms. The van der Waals surface area contributed by atoms with Crippen molar-refractivity contribution in [1.29, 1.82) is 0 Å². The number of fused-ring (bicyclic) bond motifs is 1. The Hall–Kier alpha value is -3.65. The first kappa shape index (κ1) is 22.5. The molecule has 170 valence electrons. The first-order valence-electron chi connectivity index (χ1n) is 10.6. The van der Waals surface area contributed by atoms with Gasteiger partial charge < -0.3 is 16.0 Å². The third-order valence-corrected chi connectivity index (χ3v) is 5.67. The van der Waals surface area contributed by atoms with Crippen molar-refractivity contribution < 1.29 is 18.4 Å². The van der Waals surface area contributed by atoms with E-state index in [-0.39, 0.29) is 36.7 Å². The predicted octanol–water partition coefficient (Wildman–Crippen LogP) is 2.89. The lowest BCUT2D eigenvalue weighted by molar-refractivity contribution is -0.117. The van der Waals surface area contributed by atoms with Gasteiger partial charge in [0, 0.05) is 31.4 Å². The number of aromatic nitrogens is 1. The van der Waals surface area contributed by atoms with Crippen LogP contribution in [0.5, 0.6) is 0 Å². The molecule has 2 aromatic carbocycles. The Morgan fingerprint density at radius 3 is 2.79 bits per heavy atom. The second kappa shape index (κ2) is 9.46. The van der Waals surface area contributed by atoms with E-state index in [9.17, 15) is 18.4 Å². The third kappa shape index (κ3) is 4.90. The van der Waals surface area contributed by atoms with Crippen molar-refractivity contribution in [1.82, 2.24) is 10.3 Å². The van der Waals surface area contributed by atoms with Crippen molar-refractivity contribution in [2.45, 2.75) is 18.9 Å². The lowest BCUT2D eigenvalue weighted by Crippen LogP contribution is -2.42. The number of nitrogens with zero attached hydrogens (tertiary/aromatic N) is 2. The van der Waals surface area contributed by atoms with E-state index in [1.807, 2.05) is 4.90 Å². The Balaban J connectivity index is 1.61. The summed E-state index contributed by atoms with van der Waals surface area (Å²) in [5.74, 6) is -1.57. The molecule has 2 heterocycles. The number of carbonyl (C=O) groups is 2. The summed E-state index contributed by atoms with van der Waals surface area (Å²) >= 11 is 0. The lowest BCUT2D eigenvalue weighted by Gasteiger charge is -2.28. The number of halogens is 2. The van der Waals surface area contributed by atoms with Crippen LogP contribution in [0.3, 0.4) is 0 Å². The normalized spacial score (nSPS) is 14.1. The average molecular weight is 450 g/mol. The molecule has 33 heavy (non-hydrogen) atoms. The van der Waals surface area contributed by atoms with Crippen molar-refractivity contribution in [2.24, 2.45) is 5.73 Å². The van der Waals surface area contributed by atoms with Crippen molar-refractivity contribution in [3.63, 3.8) is 0 Å². The number of benzene rings is 2. The Kier molecular flexibility index (Phi) is 6.46. The number of nitrogens with two attached hydrogens (primary N) is 1. The van der Waals surface area contributed by atoms with Crippen molar-refractivity contribution in [2.75, 3.05) is 25.0 Å². The topological polar surface area (TPSA) is 88.3 Å². The number of Topliss-reactive ketones (excluding diaryl/α,β-unsaturated/α-hetero) is 1. The molecule has 0 saturated carbocycles. The molecule has 3 aromatic rings. The third-order valence-electron chi connectivity index (χ3n) is 5.67. The SMILES string of the molecule is CN1CC(=O)Cc2nccc(-c3ccc(F)c(C(=O)N[C@H](CN)Cc4cccc(F)c4)c3)c21. The van der Waals surface area contributed by atoms with Crippen LogP contribution in [0.4, 0.5) is 14.5 Å². The number of ketones is 1. The van der Waals surface area contributed by atoms with E-state index in [1.165, 1.54) is 24.3 Å². The number of pyridine rings is 1. The first-order chi connectivity index (χ1) is 15.9. The molecule has 1 amide bonds. The number of nitrogens with one attached hydrogen (secondary N) is 1. The van der Waals surface area contributed by atoms with Gasteiger partial charge in [-0.1, -0.05) is 18.2 Å². The molecule has 0 fully saturated rings. The van der Waals surface area contributed by atoms with Gasteiger partial charge in [0.15, 0.2) is 5.78 Å². The van der Waals surface area contributed by atoms with Crippen LogP contribution in [-0.2, 0) is 17.6 Å². The van der Waals surface area contributed by atoms with Gasteiger partial charge in [0.05, 0.1) is 29.9 Å². The fourth-order valence-electron chi connectivity index (χ4n) is 4.14. The molecule has 0 spiro atoms. The molecule has 0 saturated heterocycles. The molecule has 6 nitrogen and oxygen atoms in total. The fourth-order valence-corrected chi connectivity index (χ4v) is 4.14. The van der Waals surface area contributed by atoms with Crippen molar-refractivity contribution in [3.05, 3.63) is 83.2 Å². The quantitative estimate of drug-likeness (QED) is 0.603. The zero-order chi connectivity index (χ0) is 23.5. The molecular weight excluding hydrogens is 426 g/mol. The summed E-state index contributed by atoms with van der Waals surface area (Å²) in [5.41, 5.74) is 9.21. The number of likely N-dealkylation sites (N-methyl/N-ethyl adjacent to an activating group) is 1. The Morgan fingerprint density at radius 2 is 2.03 bits per heavy atom. The molecule has 1 aliphatic heterocycles. The van der Waals surface area contributed by atoms with Gasteiger partial charge in [0.25, 0.3) is 5.91 Å². The largest absolute Gasteiger partial charge is 0.365 e. The molecule has 0 unspecified atom stereocenters. The summed E-state index contributed by atoms with van der Waals surface area (Å²) in [5, 5.41) is 2.75. The van der Waals surface area contributed by atoms with E-state index in [1.54, 1.807) is 37.5 Å². The molecule has 1 aliphatic rings. The number of carbonyl (C=O) groups excluding carboxylic acids is 2. The maximum atomic E-state index is 14.6. The molecular formula is C25H24F2N4O2. The van der Waals surface area contributed by atoms with Crippen LogP contribution >= 0.6 is 0 Å². The highest BCUT2D eigenvalue weighted by molar-refractivity contribution is 5.98. The first-order valence-corrected chi connectivity index (χ1v) is 10.6. The number of amides is 1. The minimum atomic E-state index is -0.663. The van der Waals surface area contributed by atoms with Crippen LogP contribution in [0.2, 0.25) is 0 Å². The van der Waals surface area contributed by atoms with E-state index in [4.69, 9.17) is 5.73 Å². The maximum Gasteiger partial charge on any atom is 0.254 e. The molecule has 0 bridgehead atoms. The van der Waals surface area contributed by atoms with Gasteiger partial charge in [-0.05, 0) is 47.9 Å². The van der Waals surface area contributed by atoms with Crippen LogP contribution in [0.15, 0.2) is 54.7 Å². The summed E-state index contributed by atoms with van der Waals surface area (Å²) in [6.07, 6.45) is 2.16. The summed E-state index contributed by atoms with van der Waals surface area (Å²) in [7, 11) is 1.80. The average Bonchev–Trinajstić information content (AvgIpc) is 2.78. The van der Waals surface area contributed by atoms with Gasteiger partial charge in [0.2, 0.25) is 0 Å². The van der Waals surface area contributed by atoms with Crippen LogP contribution in [0, 0.1) is 11.6 Å². The second-order valence-electron chi connectivity index (χ2n) is 8.16. The predicted molar refractivity (Wildman–Crippen MR) is 122 cm³/mol. The zero-order valence-electron chi connectivity index (χ0n) is 18.1. The van der Waals surface area contributed by atoms with Gasteiger partial charge in [-0.25, -0.2) is 8.78 Å². The van der Waals surface area contributed by atoms with Crippen LogP contribution < -0.4 is 16.0 Å². The van der Waals surface area contributed by atoms with E-state index in [0.717, 1.165) is 11.3 Å². The van der Waals surface area contributed by atoms with Crippen LogP contribution in [0.25, 0.3) is 11.1 Å². The van der Waals surface area contributed by atoms with Gasteiger partial charge in [-0.2, -0.15) is 0 Å². The van der Waals surface area contributed by atoms with Crippen molar-refractivity contribution >= 4 is 17.4 Å². The molecule has 1 atom stereocenters. The summed E-state index contributed by atoms with van der Waals surface area (Å²) in [6.45, 7) is 0.374. The van der Waals surface area contributed by atoms with Gasteiger partial charge in [-0.15, -0.1) is 0 Å². The lowest BCUT2D eigenvalue weighted by atomic mass is 9.96. The zero-order valence-corrected chi connectivity index (χ0v) is 18.1. The molecule has 0 aliphatic carbocycles. The van der Waals surface area contributed by atoms with E-state index in [2.05, 4.69) is 10.3 Å². The van der Waals surface area contributed by atoms with Gasteiger partial charge in [-0.3, -0.25) is 14.6 Å². The van der Waals surface area contributed by atoms with E-state index >= 15 is 0 Å². The monoisotopic (exact) mass is 450 g/mol. The standard InChI is InChI=1S/C25H24F2N4O2/c1-31-14-19(32)12-23-24(31)20(7-8-29-23)16-5-6-22(27)21(11-16)25(33)30-18(13-28)10-15-3-2-4-17(26)9-15/h2-9,11,18H,10,12-14,28H2,1H3,(H,30,33)/t18-/m0/s1. The number of anilines is 1. The minimum Gasteiger partial charge on any atom is -0.365 e. The van der Waals surface area contributed by atoms with Gasteiger partial charge >= 0.3 is 0 Å². The smallest absolute Gasteiger partial charge is 0.254 e. The van der Waals surface area contributed by atoms with Gasteiger partial charge in [0.1, 0.15) is 11.6 Å². The molecule has 3 N–H and O–H groups in total. The highest BCUT2D eigenvalue weighted by Gasteiger charge is 2.25. The number of hydrogen-bond donors (Lipinski definition) is 2. The highest BCUT2D eigenvalue weighted by atomic mass is 19.1. The van der Waals surface area contributed by atoms with E-state index < -0.39 is 17.8 Å².